The number of rotatable bonds is 9. The summed E-state index contributed by atoms with van der Waals surface area (Å²) in [5, 5.41) is 30.3. The van der Waals surface area contributed by atoms with Crippen LogP contribution >= 0.6 is 0 Å². The van der Waals surface area contributed by atoms with Crippen molar-refractivity contribution in [1.29, 1.82) is 0 Å². The summed E-state index contributed by atoms with van der Waals surface area (Å²) in [6.45, 7) is -0.0791. The Bertz CT molecular complexity index is 1000. The minimum absolute atomic E-state index is 0.00869. The molecule has 3 aromatic rings. The Morgan fingerprint density at radius 2 is 1.47 bits per heavy atom. The van der Waals surface area contributed by atoms with E-state index in [0.717, 1.165) is 22.3 Å². The summed E-state index contributed by atoms with van der Waals surface area (Å²) in [6, 6.07) is 24.1. The molecule has 1 fully saturated rings. The first-order chi connectivity index (χ1) is 16.5. The summed E-state index contributed by atoms with van der Waals surface area (Å²) in [5.41, 5.74) is 7.81. The van der Waals surface area contributed by atoms with Gasteiger partial charge in [-0.2, -0.15) is 0 Å². The van der Waals surface area contributed by atoms with Gasteiger partial charge in [0.15, 0.2) is 0 Å². The topological polar surface area (TPSA) is 114 Å². The molecule has 177 valence electrons. The zero-order valence-corrected chi connectivity index (χ0v) is 19.0. The van der Waals surface area contributed by atoms with Crippen molar-refractivity contribution in [2.75, 3.05) is 13.7 Å². The second kappa shape index (κ2) is 10.7. The quantitative estimate of drug-likeness (QED) is 0.282. The predicted molar refractivity (Wildman–Crippen MR) is 128 cm³/mol. The molecule has 5 atom stereocenters. The molecule has 1 heterocycles. The normalized spacial score (nSPS) is 23.9. The minimum Gasteiger partial charge on any atom is -0.497 e. The highest BCUT2D eigenvalue weighted by atomic mass is 16.6. The first kappa shape index (κ1) is 24.4. The fourth-order valence-corrected chi connectivity index (χ4v) is 4.37. The van der Waals surface area contributed by atoms with E-state index in [2.05, 4.69) is 0 Å². The maximum absolute atomic E-state index is 10.5. The molecule has 5 N–H and O–H groups in total. The highest BCUT2D eigenvalue weighted by molar-refractivity contribution is 6.33. The van der Waals surface area contributed by atoms with Gasteiger partial charge in [-0.15, -0.1) is 0 Å². The lowest BCUT2D eigenvalue weighted by Gasteiger charge is -2.37. The van der Waals surface area contributed by atoms with Gasteiger partial charge in [0, 0.05) is 0 Å². The van der Waals surface area contributed by atoms with E-state index in [1.54, 1.807) is 7.11 Å². The van der Waals surface area contributed by atoms with Gasteiger partial charge >= 0.3 is 0 Å². The molecule has 0 aliphatic carbocycles. The number of ether oxygens (including phenoxy) is 3. The van der Waals surface area contributed by atoms with E-state index in [-0.39, 0.29) is 13.2 Å². The number of aliphatic hydroxyl groups excluding tert-OH is 3. The van der Waals surface area contributed by atoms with Crippen LogP contribution in [0.15, 0.2) is 78.9 Å². The molecule has 0 bridgehead atoms. The van der Waals surface area contributed by atoms with Crippen LogP contribution in [-0.4, -0.2) is 60.8 Å². The fourth-order valence-electron chi connectivity index (χ4n) is 4.37. The third-order valence-electron chi connectivity index (χ3n) is 6.27. The van der Waals surface area contributed by atoms with Crippen molar-refractivity contribution < 1.29 is 29.5 Å². The monoisotopic (exact) mass is 462 g/mol. The largest absolute Gasteiger partial charge is 0.497 e. The molecule has 8 heteroatoms. The third-order valence-corrected chi connectivity index (χ3v) is 6.27. The van der Waals surface area contributed by atoms with Crippen LogP contribution in [0.25, 0.3) is 0 Å². The summed E-state index contributed by atoms with van der Waals surface area (Å²) < 4.78 is 17.8. The molecule has 0 amide bonds. The lowest BCUT2D eigenvalue weighted by molar-refractivity contribution is -0.0754. The summed E-state index contributed by atoms with van der Waals surface area (Å²) in [5.74, 6) is 0.709. The minimum atomic E-state index is -1.15. The van der Waals surface area contributed by atoms with E-state index in [4.69, 9.17) is 19.9 Å². The molecular formula is C26H29BNO6. The van der Waals surface area contributed by atoms with Crippen LogP contribution in [0.3, 0.4) is 0 Å². The zero-order valence-electron chi connectivity index (χ0n) is 19.0. The second-order valence-corrected chi connectivity index (χ2v) is 8.25. The average molecular weight is 462 g/mol. The number of benzene rings is 3. The van der Waals surface area contributed by atoms with Crippen molar-refractivity contribution in [1.82, 2.24) is 0 Å². The van der Waals surface area contributed by atoms with Gasteiger partial charge in [-0.3, -0.25) is 0 Å². The van der Waals surface area contributed by atoms with Crippen LogP contribution < -0.4 is 10.4 Å². The van der Waals surface area contributed by atoms with E-state index < -0.39 is 29.9 Å². The Morgan fingerprint density at radius 3 is 2.00 bits per heavy atom. The van der Waals surface area contributed by atoms with E-state index >= 15 is 0 Å². The summed E-state index contributed by atoms with van der Waals surface area (Å²) in [6.07, 6.45) is -3.06. The average Bonchev–Trinajstić information content (AvgIpc) is 3.18. The zero-order chi connectivity index (χ0) is 24.1. The van der Waals surface area contributed by atoms with Crippen LogP contribution in [0, 0.1) is 0 Å². The van der Waals surface area contributed by atoms with Crippen molar-refractivity contribution in [2.24, 2.45) is 5.64 Å². The van der Waals surface area contributed by atoms with Gasteiger partial charge in [0.1, 0.15) is 29.7 Å². The van der Waals surface area contributed by atoms with Gasteiger partial charge in [0.2, 0.25) is 7.41 Å². The van der Waals surface area contributed by atoms with Crippen LogP contribution in [0.4, 0.5) is 0 Å². The van der Waals surface area contributed by atoms with Gasteiger partial charge in [-0.05, 0) is 34.4 Å². The summed E-state index contributed by atoms with van der Waals surface area (Å²) >= 11 is 0. The van der Waals surface area contributed by atoms with Crippen molar-refractivity contribution in [3.8, 4) is 5.75 Å². The Labute approximate surface area is 200 Å². The molecule has 0 spiro atoms. The molecule has 0 saturated carbocycles. The van der Waals surface area contributed by atoms with Crippen LogP contribution in [0.2, 0.25) is 0 Å². The van der Waals surface area contributed by atoms with E-state index in [9.17, 15) is 15.3 Å². The number of aliphatic hydroxyl groups is 3. The molecule has 7 nitrogen and oxygen atoms in total. The van der Waals surface area contributed by atoms with Gasteiger partial charge in [-0.25, -0.2) is 0 Å². The number of nitrogens with two attached hydrogens (primary N) is 1. The van der Waals surface area contributed by atoms with E-state index in [1.807, 2.05) is 78.9 Å². The van der Waals surface area contributed by atoms with E-state index in [1.165, 1.54) is 7.41 Å². The van der Waals surface area contributed by atoms with Crippen molar-refractivity contribution in [3.05, 3.63) is 101 Å². The lowest BCUT2D eigenvalue weighted by Crippen LogP contribution is -2.40. The molecule has 4 rings (SSSR count). The molecule has 0 aromatic heterocycles. The maximum Gasteiger partial charge on any atom is 0.242 e. The Hall–Kier alpha value is -2.72. The number of hydrogen-bond acceptors (Lipinski definition) is 7. The van der Waals surface area contributed by atoms with Gasteiger partial charge in [0.25, 0.3) is 0 Å². The predicted octanol–water partition coefficient (Wildman–Crippen LogP) is 1.52. The SMILES string of the molecule is COc1ccc(C(OC[C@H]2O[C@@H]([B]N)C(O)[C@H]2O)(c2ccccc2)c2ccc(CO)cc2)cc1. The van der Waals surface area contributed by atoms with Crippen LogP contribution in [0.1, 0.15) is 22.3 Å². The van der Waals surface area contributed by atoms with Crippen molar-refractivity contribution >= 4 is 7.41 Å². The molecule has 1 saturated heterocycles. The molecule has 3 aromatic carbocycles. The smallest absolute Gasteiger partial charge is 0.242 e. The Balaban J connectivity index is 1.81. The molecular weight excluding hydrogens is 433 g/mol. The third kappa shape index (κ3) is 4.61. The van der Waals surface area contributed by atoms with Crippen LogP contribution in [0.5, 0.6) is 5.75 Å². The summed E-state index contributed by atoms with van der Waals surface area (Å²) in [7, 11) is 2.84. The Kier molecular flexibility index (Phi) is 7.68. The number of methoxy groups -OCH3 is 1. The molecule has 34 heavy (non-hydrogen) atoms. The van der Waals surface area contributed by atoms with Gasteiger partial charge in [-0.1, -0.05) is 66.7 Å². The highest BCUT2D eigenvalue weighted by Crippen LogP contribution is 2.42. The molecule has 1 aliphatic rings. The first-order valence-electron chi connectivity index (χ1n) is 11.1. The van der Waals surface area contributed by atoms with Crippen molar-refractivity contribution in [2.45, 2.75) is 36.5 Å². The number of hydrogen-bond donors (Lipinski definition) is 4. The molecule has 2 unspecified atom stereocenters. The highest BCUT2D eigenvalue weighted by Gasteiger charge is 2.45. The van der Waals surface area contributed by atoms with Gasteiger partial charge in [0.05, 0.1) is 26.3 Å². The molecule has 1 radical (unpaired) electrons. The van der Waals surface area contributed by atoms with Crippen molar-refractivity contribution in [3.63, 3.8) is 0 Å². The second-order valence-electron chi connectivity index (χ2n) is 8.25. The lowest BCUT2D eigenvalue weighted by atomic mass is 9.79. The van der Waals surface area contributed by atoms with Gasteiger partial charge < -0.3 is 35.2 Å². The standard InChI is InChI=1S/C26H29BNO6/c1-32-21-13-11-20(12-14-21)26(18-5-3-2-4-6-18,19-9-7-17(15-29)8-10-19)33-16-22-23(30)24(31)25(27-28)34-22/h2-14,22-25,29-31H,15-16,28H2,1H3/t22-,23+,24?,25-,26?/m1/s1. The Morgan fingerprint density at radius 1 is 0.882 bits per heavy atom. The van der Waals surface area contributed by atoms with Crippen LogP contribution in [-0.2, 0) is 21.7 Å². The maximum atomic E-state index is 10.5. The van der Waals surface area contributed by atoms with E-state index in [0.29, 0.717) is 5.75 Å². The summed E-state index contributed by atoms with van der Waals surface area (Å²) in [4.78, 5) is 0. The fraction of sp³-hybridized carbons (Fsp3) is 0.308. The first-order valence-corrected chi connectivity index (χ1v) is 11.1. The molecule has 1 aliphatic heterocycles.